The second-order valence-corrected chi connectivity index (χ2v) is 1.68. The van der Waals surface area contributed by atoms with Crippen LogP contribution in [0.1, 0.15) is 13.8 Å². The van der Waals surface area contributed by atoms with E-state index in [2.05, 4.69) is 0 Å². The summed E-state index contributed by atoms with van der Waals surface area (Å²) in [5, 5.41) is 8.65. The topological polar surface area (TPSA) is 46.2 Å². The first-order valence-corrected chi connectivity index (χ1v) is 3.45. The zero-order chi connectivity index (χ0) is 8.85. The van der Waals surface area contributed by atoms with Gasteiger partial charge >= 0.3 is 0 Å². The number of hydrogen-bond donors (Lipinski definition) is 2. The maximum Gasteiger partial charge on any atom is 0.187 e. The predicted molar refractivity (Wildman–Crippen MR) is 43.8 cm³/mol. The van der Waals surface area contributed by atoms with Crippen molar-refractivity contribution in [3.05, 3.63) is 24.0 Å². The summed E-state index contributed by atoms with van der Waals surface area (Å²) in [4.78, 5) is 0. The third-order valence-electron chi connectivity index (χ3n) is 1.01. The number of anilines is 1. The molecule has 1 rings (SSSR count). The minimum absolute atomic E-state index is 0.0324. The van der Waals surface area contributed by atoms with Gasteiger partial charge in [-0.25, -0.2) is 4.39 Å². The fourth-order valence-electron chi connectivity index (χ4n) is 0.537. The monoisotopic (exact) mass is 157 g/mol. The number of nitrogens with two attached hydrogens (primary N) is 1. The molecule has 1 aromatic rings. The summed E-state index contributed by atoms with van der Waals surface area (Å²) < 4.78 is 12.4. The molecule has 0 atom stereocenters. The molecule has 0 saturated heterocycles. The van der Waals surface area contributed by atoms with Crippen molar-refractivity contribution in [2.45, 2.75) is 13.8 Å². The molecule has 2 nitrogen and oxygen atoms in total. The van der Waals surface area contributed by atoms with Gasteiger partial charge in [0.15, 0.2) is 11.6 Å². The third kappa shape index (κ3) is 2.45. The van der Waals surface area contributed by atoms with E-state index < -0.39 is 11.6 Å². The molecule has 0 bridgehead atoms. The van der Waals surface area contributed by atoms with Gasteiger partial charge in [0.1, 0.15) is 0 Å². The summed E-state index contributed by atoms with van der Waals surface area (Å²) in [5.41, 5.74) is 5.05. The molecule has 0 aliphatic heterocycles. The standard InChI is InChI=1S/C6H6FNO.C2H6/c7-6-4(8)2-1-3-5(6)9;1-2/h1-3,9H,8H2;1-2H3. The van der Waals surface area contributed by atoms with Crippen molar-refractivity contribution in [1.82, 2.24) is 0 Å². The Morgan fingerprint density at radius 3 is 2.27 bits per heavy atom. The predicted octanol–water partition coefficient (Wildman–Crippen LogP) is 2.14. The molecule has 0 aliphatic carbocycles. The van der Waals surface area contributed by atoms with E-state index in [1.165, 1.54) is 18.2 Å². The van der Waals surface area contributed by atoms with Gasteiger partial charge < -0.3 is 10.8 Å². The van der Waals surface area contributed by atoms with Crippen molar-refractivity contribution >= 4 is 5.69 Å². The van der Waals surface area contributed by atoms with Gasteiger partial charge in [-0.2, -0.15) is 0 Å². The summed E-state index contributed by atoms with van der Waals surface area (Å²) in [6, 6.07) is 4.11. The molecule has 0 aromatic heterocycles. The SMILES string of the molecule is CC.Nc1cccc(O)c1F. The van der Waals surface area contributed by atoms with Crippen LogP contribution < -0.4 is 5.73 Å². The smallest absolute Gasteiger partial charge is 0.187 e. The first-order valence-electron chi connectivity index (χ1n) is 3.45. The second-order valence-electron chi connectivity index (χ2n) is 1.68. The van der Waals surface area contributed by atoms with Crippen molar-refractivity contribution < 1.29 is 9.50 Å². The number of benzene rings is 1. The molecule has 3 heteroatoms. The van der Waals surface area contributed by atoms with Gasteiger partial charge in [0, 0.05) is 0 Å². The summed E-state index contributed by atoms with van der Waals surface area (Å²) in [7, 11) is 0. The molecule has 1 aromatic carbocycles. The van der Waals surface area contributed by atoms with Gasteiger partial charge in [-0.05, 0) is 12.1 Å². The first kappa shape index (κ1) is 9.75. The molecular formula is C8H12FNO. The van der Waals surface area contributed by atoms with Gasteiger partial charge in [0.2, 0.25) is 0 Å². The number of halogens is 1. The van der Waals surface area contributed by atoms with Crippen LogP contribution in [0.25, 0.3) is 0 Å². The van der Waals surface area contributed by atoms with Crippen LogP contribution in [-0.4, -0.2) is 5.11 Å². The number of phenols is 1. The first-order chi connectivity index (χ1) is 5.22. The van der Waals surface area contributed by atoms with Gasteiger partial charge in [0.05, 0.1) is 5.69 Å². The molecule has 0 unspecified atom stereocenters. The van der Waals surface area contributed by atoms with Crippen LogP contribution in [0.5, 0.6) is 5.75 Å². The van der Waals surface area contributed by atoms with Crippen LogP contribution in [0, 0.1) is 5.82 Å². The van der Waals surface area contributed by atoms with E-state index in [0.717, 1.165) is 0 Å². The van der Waals surface area contributed by atoms with Crippen LogP contribution >= 0.6 is 0 Å². The highest BCUT2D eigenvalue weighted by atomic mass is 19.1. The maximum atomic E-state index is 12.4. The zero-order valence-electron chi connectivity index (χ0n) is 6.63. The highest BCUT2D eigenvalue weighted by molar-refractivity contribution is 5.45. The van der Waals surface area contributed by atoms with Crippen LogP contribution in [0.4, 0.5) is 10.1 Å². The van der Waals surface area contributed by atoms with E-state index in [-0.39, 0.29) is 5.69 Å². The third-order valence-corrected chi connectivity index (χ3v) is 1.01. The Morgan fingerprint density at radius 2 is 1.91 bits per heavy atom. The Morgan fingerprint density at radius 1 is 1.36 bits per heavy atom. The van der Waals surface area contributed by atoms with Crippen molar-refractivity contribution in [2.75, 3.05) is 5.73 Å². The number of nitrogen functional groups attached to an aromatic ring is 1. The Labute approximate surface area is 65.5 Å². The molecule has 0 spiro atoms. The lowest BCUT2D eigenvalue weighted by Gasteiger charge is -1.95. The summed E-state index contributed by atoms with van der Waals surface area (Å²) >= 11 is 0. The van der Waals surface area contributed by atoms with Crippen molar-refractivity contribution in [2.24, 2.45) is 0 Å². The number of hydrogen-bond acceptors (Lipinski definition) is 2. The highest BCUT2D eigenvalue weighted by Gasteiger charge is 2.00. The molecule has 0 saturated carbocycles. The molecule has 62 valence electrons. The summed E-state index contributed by atoms with van der Waals surface area (Å²) in [6.45, 7) is 4.00. The quantitative estimate of drug-likeness (QED) is 0.567. The number of aromatic hydroxyl groups is 1. The largest absolute Gasteiger partial charge is 0.505 e. The molecule has 0 aliphatic rings. The molecular weight excluding hydrogens is 145 g/mol. The van der Waals surface area contributed by atoms with Crippen molar-refractivity contribution in [1.29, 1.82) is 0 Å². The Kier molecular flexibility index (Phi) is 4.03. The van der Waals surface area contributed by atoms with Crippen LogP contribution in [-0.2, 0) is 0 Å². The van der Waals surface area contributed by atoms with Crippen LogP contribution in [0.2, 0.25) is 0 Å². The average Bonchev–Trinajstić information content (AvgIpc) is 2.04. The average molecular weight is 157 g/mol. The minimum Gasteiger partial charge on any atom is -0.505 e. The lowest BCUT2D eigenvalue weighted by atomic mass is 10.3. The molecule has 11 heavy (non-hydrogen) atoms. The van der Waals surface area contributed by atoms with Gasteiger partial charge in [0.25, 0.3) is 0 Å². The normalized spacial score (nSPS) is 8.27. The lowest BCUT2D eigenvalue weighted by molar-refractivity contribution is 0.434. The Balaban J connectivity index is 0.000000461. The van der Waals surface area contributed by atoms with Gasteiger partial charge in [-0.1, -0.05) is 19.9 Å². The van der Waals surface area contributed by atoms with E-state index in [4.69, 9.17) is 10.8 Å². The van der Waals surface area contributed by atoms with E-state index in [9.17, 15) is 4.39 Å². The number of rotatable bonds is 0. The van der Waals surface area contributed by atoms with Crippen molar-refractivity contribution in [3.8, 4) is 5.75 Å². The summed E-state index contributed by atoms with van der Waals surface area (Å²) in [6.07, 6.45) is 0. The molecule has 0 radical (unpaired) electrons. The Hall–Kier alpha value is -1.25. The summed E-state index contributed by atoms with van der Waals surface area (Å²) in [5.74, 6) is -1.16. The van der Waals surface area contributed by atoms with E-state index in [1.807, 2.05) is 13.8 Å². The van der Waals surface area contributed by atoms with Crippen LogP contribution in [0.15, 0.2) is 18.2 Å². The fraction of sp³-hybridized carbons (Fsp3) is 0.250. The van der Waals surface area contributed by atoms with Gasteiger partial charge in [-0.15, -0.1) is 0 Å². The molecule has 0 fully saturated rings. The van der Waals surface area contributed by atoms with E-state index in [1.54, 1.807) is 0 Å². The molecule has 3 N–H and O–H groups in total. The van der Waals surface area contributed by atoms with Crippen LogP contribution in [0.3, 0.4) is 0 Å². The van der Waals surface area contributed by atoms with E-state index >= 15 is 0 Å². The second kappa shape index (κ2) is 4.55. The highest BCUT2D eigenvalue weighted by Crippen LogP contribution is 2.19. The lowest BCUT2D eigenvalue weighted by Crippen LogP contribution is -1.88. The molecule has 0 heterocycles. The Bertz CT molecular complexity index is 205. The van der Waals surface area contributed by atoms with E-state index in [0.29, 0.717) is 0 Å². The number of phenolic OH excluding ortho intramolecular Hbond substituents is 1. The zero-order valence-corrected chi connectivity index (χ0v) is 6.63. The van der Waals surface area contributed by atoms with Gasteiger partial charge in [-0.3, -0.25) is 0 Å². The van der Waals surface area contributed by atoms with Crippen molar-refractivity contribution in [3.63, 3.8) is 0 Å². The molecule has 0 amide bonds. The maximum absolute atomic E-state index is 12.4. The minimum atomic E-state index is -0.752. The fourth-order valence-corrected chi connectivity index (χ4v) is 0.537.